The van der Waals surface area contributed by atoms with Gasteiger partial charge in [0.25, 0.3) is 5.91 Å². The number of aromatic amines is 1. The summed E-state index contributed by atoms with van der Waals surface area (Å²) in [6.45, 7) is -0.186. The van der Waals surface area contributed by atoms with E-state index in [1.807, 2.05) is 4.90 Å². The van der Waals surface area contributed by atoms with Crippen LogP contribution in [0.15, 0.2) is 24.4 Å². The van der Waals surface area contributed by atoms with Gasteiger partial charge in [0.15, 0.2) is 5.69 Å². The fourth-order valence-electron chi connectivity index (χ4n) is 6.05. The third-order valence-electron chi connectivity index (χ3n) is 7.96. The molecule has 0 unspecified atom stereocenters. The Hall–Kier alpha value is -2.95. The number of fused-ring (bicyclic) bond motifs is 2. The highest BCUT2D eigenvalue weighted by atomic mass is 19.4. The molecule has 3 aliphatic rings. The molecule has 8 nitrogen and oxygen atoms in total. The second kappa shape index (κ2) is 9.84. The number of rotatable bonds is 5. The summed E-state index contributed by atoms with van der Waals surface area (Å²) in [6.07, 6.45) is 0.957. The quantitative estimate of drug-likeness (QED) is 0.575. The van der Waals surface area contributed by atoms with Crippen LogP contribution in [0.3, 0.4) is 0 Å². The van der Waals surface area contributed by atoms with Crippen LogP contribution in [0.5, 0.6) is 0 Å². The molecule has 2 aromatic rings. The Balaban J connectivity index is 1.19. The molecule has 5 rings (SSSR count). The number of hydrogen-bond acceptors (Lipinski definition) is 5. The molecule has 4 heterocycles. The zero-order chi connectivity index (χ0) is 25.4. The molecular weight excluding hydrogens is 475 g/mol. The lowest BCUT2D eigenvalue weighted by Crippen LogP contribution is -2.51. The van der Waals surface area contributed by atoms with Crippen LogP contribution in [0, 0.1) is 11.8 Å². The van der Waals surface area contributed by atoms with Crippen LogP contribution in [-0.2, 0) is 11.4 Å². The molecular formula is C25H30F3N5O3. The summed E-state index contributed by atoms with van der Waals surface area (Å²) < 4.78 is 38.8. The van der Waals surface area contributed by atoms with E-state index in [0.717, 1.165) is 18.4 Å². The third-order valence-corrected chi connectivity index (χ3v) is 7.96. The number of hydrogen-bond donors (Lipinski definition) is 3. The summed E-state index contributed by atoms with van der Waals surface area (Å²) >= 11 is 0. The molecule has 0 aromatic carbocycles. The SMILES string of the molecule is O=C(N[C@H]1CC[C@@H](C(F)(F)F)CC1)[C@@H]1C[C@H]2CC[C@@H](C1)N2C(=O)c1cc(-c2ccnc(CO)c2)[nH]n1. The van der Waals surface area contributed by atoms with Gasteiger partial charge >= 0.3 is 6.18 Å². The number of aliphatic hydroxyl groups excluding tert-OH is 1. The van der Waals surface area contributed by atoms with Gasteiger partial charge in [0.05, 0.1) is 23.9 Å². The van der Waals surface area contributed by atoms with Crippen molar-refractivity contribution in [3.63, 3.8) is 0 Å². The van der Waals surface area contributed by atoms with Gasteiger partial charge in [0.2, 0.25) is 5.91 Å². The number of aliphatic hydroxyl groups is 1. The van der Waals surface area contributed by atoms with Crippen LogP contribution in [0.2, 0.25) is 0 Å². The number of pyridine rings is 1. The molecule has 2 amide bonds. The molecule has 3 N–H and O–H groups in total. The van der Waals surface area contributed by atoms with Gasteiger partial charge in [-0.15, -0.1) is 0 Å². The first-order chi connectivity index (χ1) is 17.2. The second-order valence-corrected chi connectivity index (χ2v) is 10.2. The van der Waals surface area contributed by atoms with Crippen molar-refractivity contribution < 1.29 is 27.9 Å². The van der Waals surface area contributed by atoms with Crippen molar-refractivity contribution in [1.82, 2.24) is 25.4 Å². The standard InChI is InChI=1S/C25H30F3N5O3/c26-25(27,28)16-1-3-17(4-2-16)30-23(35)15-10-19-5-6-20(11-15)33(19)24(36)22-12-21(31-32-22)14-7-8-29-18(9-14)13-34/h7-9,12,15-17,19-20,34H,1-6,10-11,13H2,(H,30,35)(H,31,32)/t15-,16-,17+,19-,20+. The highest BCUT2D eigenvalue weighted by molar-refractivity contribution is 5.94. The van der Waals surface area contributed by atoms with E-state index in [1.54, 1.807) is 24.4 Å². The molecule has 3 atom stereocenters. The molecule has 1 saturated carbocycles. The number of carbonyl (C=O) groups excluding carboxylic acids is 2. The van der Waals surface area contributed by atoms with Gasteiger partial charge in [-0.2, -0.15) is 18.3 Å². The maximum absolute atomic E-state index is 13.3. The van der Waals surface area contributed by atoms with Gasteiger partial charge in [0.1, 0.15) is 0 Å². The van der Waals surface area contributed by atoms with Crippen molar-refractivity contribution in [3.8, 4) is 11.3 Å². The Bertz CT molecular complexity index is 1100. The number of nitrogens with zero attached hydrogens (tertiary/aromatic N) is 3. The smallest absolute Gasteiger partial charge is 0.390 e. The Labute approximate surface area is 206 Å². The fourth-order valence-corrected chi connectivity index (χ4v) is 6.05. The average molecular weight is 506 g/mol. The number of piperidine rings is 1. The maximum Gasteiger partial charge on any atom is 0.391 e. The molecule has 2 aromatic heterocycles. The molecule has 1 aliphatic carbocycles. The molecule has 0 radical (unpaired) electrons. The Morgan fingerprint density at radius 3 is 2.42 bits per heavy atom. The number of amides is 2. The van der Waals surface area contributed by atoms with Crippen LogP contribution in [-0.4, -0.2) is 61.3 Å². The molecule has 0 spiro atoms. The molecule has 194 valence electrons. The fraction of sp³-hybridized carbons (Fsp3) is 0.600. The molecule has 2 bridgehead atoms. The van der Waals surface area contributed by atoms with Gasteiger partial charge < -0.3 is 15.3 Å². The molecule has 2 saturated heterocycles. The Morgan fingerprint density at radius 2 is 1.78 bits per heavy atom. The summed E-state index contributed by atoms with van der Waals surface area (Å²) in [5, 5.41) is 19.4. The average Bonchev–Trinajstić information content (AvgIpc) is 3.46. The van der Waals surface area contributed by atoms with Gasteiger partial charge in [-0.05, 0) is 69.6 Å². The summed E-state index contributed by atoms with van der Waals surface area (Å²) in [5.41, 5.74) is 2.23. The van der Waals surface area contributed by atoms with Crippen LogP contribution in [0.25, 0.3) is 11.3 Å². The molecule has 3 fully saturated rings. The summed E-state index contributed by atoms with van der Waals surface area (Å²) in [6, 6.07) is 4.85. The lowest BCUT2D eigenvalue weighted by Gasteiger charge is -2.39. The zero-order valence-electron chi connectivity index (χ0n) is 19.8. The highest BCUT2D eigenvalue weighted by Crippen LogP contribution is 2.41. The van der Waals surface area contributed by atoms with Crippen LogP contribution in [0.4, 0.5) is 13.2 Å². The van der Waals surface area contributed by atoms with E-state index in [1.165, 1.54) is 0 Å². The molecule has 11 heteroatoms. The predicted octanol–water partition coefficient (Wildman–Crippen LogP) is 3.58. The number of nitrogens with one attached hydrogen (secondary N) is 2. The maximum atomic E-state index is 13.3. The van der Waals surface area contributed by atoms with Crippen LogP contribution < -0.4 is 5.32 Å². The number of halogens is 3. The van der Waals surface area contributed by atoms with Crippen molar-refractivity contribution in [2.45, 2.75) is 82.3 Å². The number of aromatic nitrogens is 3. The van der Waals surface area contributed by atoms with Crippen LogP contribution >= 0.6 is 0 Å². The van der Waals surface area contributed by atoms with Gasteiger partial charge in [-0.25, -0.2) is 0 Å². The lowest BCUT2D eigenvalue weighted by atomic mass is 9.84. The predicted molar refractivity (Wildman–Crippen MR) is 123 cm³/mol. The van der Waals surface area contributed by atoms with E-state index in [9.17, 15) is 27.9 Å². The largest absolute Gasteiger partial charge is 0.391 e. The van der Waals surface area contributed by atoms with Crippen molar-refractivity contribution in [3.05, 3.63) is 35.8 Å². The molecule has 36 heavy (non-hydrogen) atoms. The second-order valence-electron chi connectivity index (χ2n) is 10.2. The zero-order valence-corrected chi connectivity index (χ0v) is 19.8. The van der Waals surface area contributed by atoms with E-state index in [0.29, 0.717) is 42.8 Å². The van der Waals surface area contributed by atoms with Gasteiger partial charge in [0, 0.05) is 35.8 Å². The monoisotopic (exact) mass is 505 g/mol. The van der Waals surface area contributed by atoms with Crippen molar-refractivity contribution >= 4 is 11.8 Å². The van der Waals surface area contributed by atoms with E-state index in [-0.39, 0.29) is 55.3 Å². The van der Waals surface area contributed by atoms with E-state index in [4.69, 9.17) is 0 Å². The van der Waals surface area contributed by atoms with Crippen LogP contribution in [0.1, 0.15) is 67.5 Å². The van der Waals surface area contributed by atoms with Crippen molar-refractivity contribution in [2.24, 2.45) is 11.8 Å². The van der Waals surface area contributed by atoms with E-state index in [2.05, 4.69) is 20.5 Å². The minimum atomic E-state index is -4.16. The normalized spacial score (nSPS) is 28.2. The van der Waals surface area contributed by atoms with Crippen molar-refractivity contribution in [1.29, 1.82) is 0 Å². The first kappa shape index (κ1) is 24.7. The number of alkyl halides is 3. The topological polar surface area (TPSA) is 111 Å². The summed E-state index contributed by atoms with van der Waals surface area (Å²) in [7, 11) is 0. The van der Waals surface area contributed by atoms with E-state index < -0.39 is 12.1 Å². The Morgan fingerprint density at radius 1 is 1.08 bits per heavy atom. The lowest BCUT2D eigenvalue weighted by molar-refractivity contribution is -0.182. The number of H-pyrrole nitrogens is 1. The Kier molecular flexibility index (Phi) is 6.76. The third kappa shape index (κ3) is 4.98. The molecule has 2 aliphatic heterocycles. The minimum Gasteiger partial charge on any atom is -0.390 e. The van der Waals surface area contributed by atoms with Crippen molar-refractivity contribution in [2.75, 3.05) is 0 Å². The summed E-state index contributed by atoms with van der Waals surface area (Å²) in [5.74, 6) is -1.79. The van der Waals surface area contributed by atoms with Gasteiger partial charge in [-0.3, -0.25) is 19.7 Å². The first-order valence-corrected chi connectivity index (χ1v) is 12.5. The summed E-state index contributed by atoms with van der Waals surface area (Å²) in [4.78, 5) is 32.2. The van der Waals surface area contributed by atoms with Gasteiger partial charge in [-0.1, -0.05) is 0 Å². The van der Waals surface area contributed by atoms with E-state index >= 15 is 0 Å². The highest BCUT2D eigenvalue weighted by Gasteiger charge is 2.46. The first-order valence-electron chi connectivity index (χ1n) is 12.5. The minimum absolute atomic E-state index is 0.0547. The number of carbonyl (C=O) groups is 2.